The molecule has 2 aromatic rings. The average molecular weight is 251 g/mol. The minimum absolute atomic E-state index is 0.872. The van der Waals surface area contributed by atoms with Crippen LogP contribution in [-0.2, 0) is 12.8 Å². The van der Waals surface area contributed by atoms with Crippen LogP contribution in [-0.4, -0.2) is 4.57 Å². The first-order chi connectivity index (χ1) is 9.38. The summed E-state index contributed by atoms with van der Waals surface area (Å²) >= 11 is 0. The lowest BCUT2D eigenvalue weighted by molar-refractivity contribution is 0.667. The molecule has 96 valence electrons. The van der Waals surface area contributed by atoms with Gasteiger partial charge in [0.25, 0.3) is 0 Å². The molecule has 0 radical (unpaired) electrons. The molecule has 0 saturated carbocycles. The van der Waals surface area contributed by atoms with Crippen LogP contribution in [0.4, 0.5) is 11.5 Å². The fourth-order valence-electron chi connectivity index (χ4n) is 2.59. The molecular weight excluding hydrogens is 234 g/mol. The van der Waals surface area contributed by atoms with E-state index < -0.39 is 0 Å². The van der Waals surface area contributed by atoms with E-state index in [0.717, 1.165) is 24.3 Å². The fourth-order valence-corrected chi connectivity index (χ4v) is 2.59. The summed E-state index contributed by atoms with van der Waals surface area (Å²) in [7, 11) is 0. The largest absolute Gasteiger partial charge is 0.304 e. The molecule has 1 aliphatic rings. The highest BCUT2D eigenvalue weighted by molar-refractivity contribution is 5.49. The van der Waals surface area contributed by atoms with Crippen LogP contribution in [0.2, 0.25) is 0 Å². The number of aromatic nitrogens is 1. The molecule has 1 aromatic carbocycles. The van der Waals surface area contributed by atoms with E-state index in [4.69, 9.17) is 0 Å². The third-order valence-corrected chi connectivity index (χ3v) is 3.53. The Bertz CT molecular complexity index is 608. The van der Waals surface area contributed by atoms with E-state index in [2.05, 4.69) is 27.4 Å². The number of hydrogen-bond donors (Lipinski definition) is 0. The van der Waals surface area contributed by atoms with Crippen LogP contribution in [0.5, 0.6) is 0 Å². The second kappa shape index (κ2) is 5.22. The average Bonchev–Trinajstić information content (AvgIpc) is 2.83. The molecule has 0 amide bonds. The van der Waals surface area contributed by atoms with Gasteiger partial charge >= 0.3 is 0 Å². The summed E-state index contributed by atoms with van der Waals surface area (Å²) in [5.74, 6) is 0.880. The maximum absolute atomic E-state index is 4.37. The maximum atomic E-state index is 4.37. The molecule has 0 bridgehead atoms. The van der Waals surface area contributed by atoms with E-state index >= 15 is 0 Å². The quantitative estimate of drug-likeness (QED) is 0.696. The SMILES string of the molecule is C=Cn1c(N=Nc2ccccc2)cc2c1CCCC2. The predicted octanol–water partition coefficient (Wildman–Crippen LogP) is 4.88. The molecule has 0 unspecified atom stereocenters. The Kier molecular flexibility index (Phi) is 3.27. The van der Waals surface area contributed by atoms with Crippen molar-refractivity contribution in [2.45, 2.75) is 25.7 Å². The number of hydrogen-bond acceptors (Lipinski definition) is 2. The first kappa shape index (κ1) is 11.9. The summed E-state index contributed by atoms with van der Waals surface area (Å²) in [6, 6.07) is 11.9. The molecule has 19 heavy (non-hydrogen) atoms. The van der Waals surface area contributed by atoms with Gasteiger partial charge < -0.3 is 4.57 Å². The second-order valence-corrected chi connectivity index (χ2v) is 4.77. The van der Waals surface area contributed by atoms with E-state index in [1.54, 1.807) is 0 Å². The molecule has 3 heteroatoms. The first-order valence-electron chi connectivity index (χ1n) is 6.71. The molecule has 0 saturated heterocycles. The van der Waals surface area contributed by atoms with Crippen LogP contribution in [0.3, 0.4) is 0 Å². The number of rotatable bonds is 3. The smallest absolute Gasteiger partial charge is 0.159 e. The topological polar surface area (TPSA) is 29.6 Å². The molecule has 1 heterocycles. The van der Waals surface area contributed by atoms with Crippen LogP contribution < -0.4 is 0 Å². The van der Waals surface area contributed by atoms with Crippen molar-refractivity contribution in [2.24, 2.45) is 10.2 Å². The Morgan fingerprint density at radius 1 is 1.05 bits per heavy atom. The molecular formula is C16H17N3. The maximum Gasteiger partial charge on any atom is 0.159 e. The van der Waals surface area contributed by atoms with Crippen molar-refractivity contribution in [3.05, 3.63) is 54.2 Å². The van der Waals surface area contributed by atoms with E-state index in [-0.39, 0.29) is 0 Å². The molecule has 0 atom stereocenters. The third kappa shape index (κ3) is 2.36. The highest BCUT2D eigenvalue weighted by atomic mass is 15.2. The van der Waals surface area contributed by atoms with Gasteiger partial charge in [0.1, 0.15) is 0 Å². The monoisotopic (exact) mass is 251 g/mol. The van der Waals surface area contributed by atoms with Crippen molar-refractivity contribution in [2.75, 3.05) is 0 Å². The number of azo groups is 1. The highest BCUT2D eigenvalue weighted by Gasteiger charge is 2.16. The van der Waals surface area contributed by atoms with E-state index in [0.29, 0.717) is 0 Å². The standard InChI is InChI=1S/C16H17N3/c1-2-19-15-11-7-6-8-13(15)12-16(19)18-17-14-9-4-3-5-10-14/h2-5,9-10,12H,1,6-8,11H2. The van der Waals surface area contributed by atoms with Gasteiger partial charge in [-0.3, -0.25) is 0 Å². The number of aryl methyl sites for hydroxylation is 1. The zero-order valence-corrected chi connectivity index (χ0v) is 10.9. The molecule has 0 N–H and O–H groups in total. The first-order valence-corrected chi connectivity index (χ1v) is 6.71. The molecule has 0 fully saturated rings. The summed E-state index contributed by atoms with van der Waals surface area (Å²) < 4.78 is 2.07. The van der Waals surface area contributed by atoms with Crippen molar-refractivity contribution in [1.82, 2.24) is 4.57 Å². The molecule has 1 aromatic heterocycles. The predicted molar refractivity (Wildman–Crippen MR) is 78.1 cm³/mol. The summed E-state index contributed by atoms with van der Waals surface area (Å²) in [5.41, 5.74) is 3.62. The van der Waals surface area contributed by atoms with E-state index in [9.17, 15) is 0 Å². The van der Waals surface area contributed by atoms with Gasteiger partial charge in [0.05, 0.1) is 5.69 Å². The number of nitrogens with zero attached hydrogens (tertiary/aromatic N) is 3. The second-order valence-electron chi connectivity index (χ2n) is 4.77. The minimum Gasteiger partial charge on any atom is -0.304 e. The van der Waals surface area contributed by atoms with Crippen molar-refractivity contribution in [1.29, 1.82) is 0 Å². The zero-order chi connectivity index (χ0) is 13.1. The van der Waals surface area contributed by atoms with Crippen molar-refractivity contribution in [3.8, 4) is 0 Å². The molecule has 1 aliphatic carbocycles. The van der Waals surface area contributed by atoms with Gasteiger partial charge in [0.15, 0.2) is 5.82 Å². The molecule has 3 nitrogen and oxygen atoms in total. The summed E-state index contributed by atoms with van der Waals surface area (Å²) in [5, 5.41) is 8.65. The van der Waals surface area contributed by atoms with Crippen molar-refractivity contribution >= 4 is 17.7 Å². The normalized spacial score (nSPS) is 14.5. The lowest BCUT2D eigenvalue weighted by atomic mass is 9.98. The van der Waals surface area contributed by atoms with Gasteiger partial charge in [0.2, 0.25) is 0 Å². The minimum atomic E-state index is 0.872. The molecule has 3 rings (SSSR count). The lowest BCUT2D eigenvalue weighted by Gasteiger charge is -2.12. The third-order valence-electron chi connectivity index (χ3n) is 3.53. The van der Waals surface area contributed by atoms with Crippen LogP contribution in [0.15, 0.2) is 53.2 Å². The zero-order valence-electron chi connectivity index (χ0n) is 10.9. The summed E-state index contributed by atoms with van der Waals surface area (Å²) in [4.78, 5) is 0. The molecule has 0 spiro atoms. The van der Waals surface area contributed by atoms with Crippen LogP contribution in [0, 0.1) is 0 Å². The van der Waals surface area contributed by atoms with Crippen molar-refractivity contribution < 1.29 is 0 Å². The van der Waals surface area contributed by atoms with Gasteiger partial charge in [-0.1, -0.05) is 24.8 Å². The molecule has 0 aliphatic heterocycles. The van der Waals surface area contributed by atoms with E-state index in [1.807, 2.05) is 36.5 Å². The van der Waals surface area contributed by atoms with Crippen molar-refractivity contribution in [3.63, 3.8) is 0 Å². The Morgan fingerprint density at radius 2 is 1.84 bits per heavy atom. The van der Waals surface area contributed by atoms with Gasteiger partial charge in [0, 0.05) is 11.9 Å². The van der Waals surface area contributed by atoms with Gasteiger partial charge in [-0.2, -0.15) is 0 Å². The number of fused-ring (bicyclic) bond motifs is 1. The Morgan fingerprint density at radius 3 is 2.63 bits per heavy atom. The van der Waals surface area contributed by atoms with Crippen LogP contribution in [0.1, 0.15) is 24.1 Å². The van der Waals surface area contributed by atoms with Crippen LogP contribution in [0.25, 0.3) is 6.20 Å². The Labute approximate surface area is 113 Å². The number of benzene rings is 1. The van der Waals surface area contributed by atoms with Gasteiger partial charge in [-0.05, 0) is 49.4 Å². The Balaban J connectivity index is 1.95. The Hall–Kier alpha value is -2.16. The fraction of sp³-hybridized carbons (Fsp3) is 0.250. The van der Waals surface area contributed by atoms with Gasteiger partial charge in [-0.25, -0.2) is 0 Å². The summed E-state index contributed by atoms with van der Waals surface area (Å²) in [6.07, 6.45) is 6.61. The van der Waals surface area contributed by atoms with Crippen LogP contribution >= 0.6 is 0 Å². The van der Waals surface area contributed by atoms with Gasteiger partial charge in [-0.15, -0.1) is 10.2 Å². The van der Waals surface area contributed by atoms with E-state index in [1.165, 1.54) is 24.1 Å². The summed E-state index contributed by atoms with van der Waals surface area (Å²) in [6.45, 7) is 3.89. The highest BCUT2D eigenvalue weighted by Crippen LogP contribution is 2.30. The lowest BCUT2D eigenvalue weighted by Crippen LogP contribution is -2.03.